The van der Waals surface area contributed by atoms with Crippen LogP contribution in [0.25, 0.3) is 0 Å². The van der Waals surface area contributed by atoms with E-state index < -0.39 is 0 Å². The van der Waals surface area contributed by atoms with E-state index in [9.17, 15) is 0 Å². The fourth-order valence-corrected chi connectivity index (χ4v) is 4.05. The first-order valence-electron chi connectivity index (χ1n) is 12.0. The molecule has 0 rings (SSSR count). The highest BCUT2D eigenvalue weighted by Gasteiger charge is 2.47. The number of rotatable bonds is 14. The van der Waals surface area contributed by atoms with E-state index in [2.05, 4.69) is 131 Å². The van der Waals surface area contributed by atoms with Crippen molar-refractivity contribution in [3.63, 3.8) is 0 Å². The van der Waals surface area contributed by atoms with Crippen LogP contribution in [0.2, 0.25) is 0 Å². The predicted octanol–water partition coefficient (Wildman–Crippen LogP) is 8.10. The van der Waals surface area contributed by atoms with E-state index in [1.807, 2.05) is 30.4 Å². The Labute approximate surface area is 206 Å². The second kappa shape index (κ2) is 11.5. The molecule has 0 heterocycles. The second-order valence-electron chi connectivity index (χ2n) is 11.7. The molecule has 33 heavy (non-hydrogen) atoms. The maximum absolute atomic E-state index is 4.04. The van der Waals surface area contributed by atoms with Crippen LogP contribution in [-0.4, -0.2) is 22.7 Å². The average Bonchev–Trinajstić information content (AvgIpc) is 2.67. The maximum atomic E-state index is 4.04. The average molecular weight is 453 g/mol. The van der Waals surface area contributed by atoms with Crippen LogP contribution in [0.1, 0.15) is 76.2 Å². The zero-order chi connectivity index (χ0) is 26.3. The Morgan fingerprint density at radius 1 is 0.667 bits per heavy atom. The van der Waals surface area contributed by atoms with E-state index in [0.29, 0.717) is 0 Å². The highest BCUT2D eigenvalue weighted by Crippen LogP contribution is 2.41. The van der Waals surface area contributed by atoms with Crippen LogP contribution >= 0.6 is 0 Å². The number of hydrogen-bond donors (Lipinski definition) is 2. The Morgan fingerprint density at radius 2 is 1.15 bits per heavy atom. The van der Waals surface area contributed by atoms with Gasteiger partial charge in [-0.2, -0.15) is 0 Å². The van der Waals surface area contributed by atoms with Crippen LogP contribution in [0, 0.1) is 10.8 Å². The van der Waals surface area contributed by atoms with Gasteiger partial charge in [0.25, 0.3) is 0 Å². The van der Waals surface area contributed by atoms with Gasteiger partial charge in [-0.1, -0.05) is 103 Å². The van der Waals surface area contributed by atoms with Gasteiger partial charge >= 0.3 is 0 Å². The lowest BCUT2D eigenvalue weighted by atomic mass is 9.66. The second-order valence-corrected chi connectivity index (χ2v) is 11.7. The topological polar surface area (TPSA) is 24.1 Å². The monoisotopic (exact) mass is 452 g/mol. The zero-order valence-electron chi connectivity index (χ0n) is 23.5. The molecule has 0 aromatic rings. The van der Waals surface area contributed by atoms with Crippen LogP contribution in [0.3, 0.4) is 0 Å². The first-order valence-corrected chi connectivity index (χ1v) is 12.0. The largest absolute Gasteiger partial charge is 0.307 e. The fraction of sp³-hybridized carbons (Fsp3) is 0.548. The molecule has 0 amide bonds. The summed E-state index contributed by atoms with van der Waals surface area (Å²) < 4.78 is 0. The van der Waals surface area contributed by atoms with Crippen LogP contribution in [0.5, 0.6) is 0 Å². The van der Waals surface area contributed by atoms with E-state index in [1.54, 1.807) is 0 Å². The molecule has 0 aliphatic carbocycles. The Kier molecular flexibility index (Phi) is 10.8. The summed E-state index contributed by atoms with van der Waals surface area (Å²) in [6, 6.07) is 0.203. The summed E-state index contributed by atoms with van der Waals surface area (Å²) in [5.74, 6) is 0. The molecule has 0 aromatic heterocycles. The van der Waals surface area contributed by atoms with Crippen molar-refractivity contribution in [2.45, 2.75) is 98.8 Å². The highest BCUT2D eigenvalue weighted by atomic mass is 15.2. The normalized spacial score (nSPS) is 16.0. The molecule has 0 aliphatic rings. The van der Waals surface area contributed by atoms with Gasteiger partial charge in [0.2, 0.25) is 0 Å². The van der Waals surface area contributed by atoms with Crippen LogP contribution in [0.15, 0.2) is 86.1 Å². The van der Waals surface area contributed by atoms with Gasteiger partial charge in [-0.05, 0) is 59.6 Å². The van der Waals surface area contributed by atoms with Gasteiger partial charge in [-0.3, -0.25) is 0 Å². The molecule has 0 aromatic carbocycles. The van der Waals surface area contributed by atoms with Crippen molar-refractivity contribution >= 4 is 0 Å². The number of allylic oxidation sites excluding steroid dienone is 8. The zero-order valence-corrected chi connectivity index (χ0v) is 23.5. The van der Waals surface area contributed by atoms with E-state index in [4.69, 9.17) is 0 Å². The maximum Gasteiger partial charge on any atom is 0.0306 e. The van der Waals surface area contributed by atoms with Crippen molar-refractivity contribution in [3.05, 3.63) is 86.1 Å². The van der Waals surface area contributed by atoms with Gasteiger partial charge in [0, 0.05) is 33.5 Å². The summed E-state index contributed by atoms with van der Waals surface area (Å²) >= 11 is 0. The first-order chi connectivity index (χ1) is 14.9. The first kappa shape index (κ1) is 31.1. The minimum absolute atomic E-state index is 0.113. The molecule has 0 aliphatic heterocycles. The molecule has 2 nitrogen and oxygen atoms in total. The minimum atomic E-state index is -0.224. The summed E-state index contributed by atoms with van der Waals surface area (Å²) in [4.78, 5) is 0. The lowest BCUT2D eigenvalue weighted by molar-refractivity contribution is 0.0798. The molecule has 1 unspecified atom stereocenters. The quantitative estimate of drug-likeness (QED) is 0.260. The summed E-state index contributed by atoms with van der Waals surface area (Å²) in [5.41, 5.74) is 1.46. The molecule has 0 saturated carbocycles. The molecule has 0 radical (unpaired) electrons. The molecular weight excluding hydrogens is 400 g/mol. The molecule has 1 atom stereocenters. The summed E-state index contributed by atoms with van der Waals surface area (Å²) in [5, 5.41) is 7.93. The Hall–Kier alpha value is -1.90. The Bertz CT molecular complexity index is 795. The third-order valence-corrected chi connectivity index (χ3v) is 8.10. The van der Waals surface area contributed by atoms with Crippen LogP contribution in [0.4, 0.5) is 0 Å². The van der Waals surface area contributed by atoms with Gasteiger partial charge in [0.05, 0.1) is 0 Å². The van der Waals surface area contributed by atoms with Crippen LogP contribution < -0.4 is 10.6 Å². The fourth-order valence-electron chi connectivity index (χ4n) is 4.05. The molecule has 2 N–H and O–H groups in total. The molecule has 2 heteroatoms. The summed E-state index contributed by atoms with van der Waals surface area (Å²) in [6.07, 6.45) is 15.7. The standard InChI is InChI=1S/C31H52N2/c1-16-20-23-26(22-18-3)27(6,7)24(5)32-30(12,13)31(14,15)33-29(10,11)28(8,9)25(19-4)21-17-2/h16-24,32-33H,1-4H2,5-15H3/b23-20-,25-21+,26-22+. The highest BCUT2D eigenvalue weighted by molar-refractivity contribution is 5.33. The van der Waals surface area contributed by atoms with Gasteiger partial charge < -0.3 is 10.6 Å². The number of hydrogen-bond acceptors (Lipinski definition) is 2. The van der Waals surface area contributed by atoms with Crippen LogP contribution in [-0.2, 0) is 0 Å². The molecule has 0 saturated heterocycles. The lowest BCUT2D eigenvalue weighted by Crippen LogP contribution is -2.71. The molecule has 0 spiro atoms. The minimum Gasteiger partial charge on any atom is -0.307 e. The van der Waals surface area contributed by atoms with E-state index in [1.165, 1.54) is 11.1 Å². The van der Waals surface area contributed by atoms with Crippen molar-refractivity contribution in [3.8, 4) is 0 Å². The predicted molar refractivity (Wildman–Crippen MR) is 152 cm³/mol. The van der Waals surface area contributed by atoms with Crippen molar-refractivity contribution in [1.29, 1.82) is 0 Å². The van der Waals surface area contributed by atoms with Gasteiger partial charge in [0.15, 0.2) is 0 Å². The summed E-state index contributed by atoms with van der Waals surface area (Å²) in [6.45, 7) is 40.6. The molecule has 0 fully saturated rings. The van der Waals surface area contributed by atoms with Crippen molar-refractivity contribution in [2.75, 3.05) is 0 Å². The molecule has 0 bridgehead atoms. The van der Waals surface area contributed by atoms with Crippen molar-refractivity contribution in [1.82, 2.24) is 10.6 Å². The molecular formula is C31H52N2. The Balaban J connectivity index is 6.02. The SMILES string of the molecule is C=C/C=C\C(=C/C=C)C(C)(C)C(C)NC(C)(C)C(C)(C)NC(C)(C)C(C)(C)/C(C=C)=C/C=C. The molecule has 186 valence electrons. The third kappa shape index (κ3) is 7.29. The third-order valence-electron chi connectivity index (χ3n) is 8.10. The lowest BCUT2D eigenvalue weighted by Gasteiger charge is -2.54. The van der Waals surface area contributed by atoms with Gasteiger partial charge in [-0.25, -0.2) is 0 Å². The van der Waals surface area contributed by atoms with Crippen molar-refractivity contribution < 1.29 is 0 Å². The van der Waals surface area contributed by atoms with E-state index in [0.717, 1.165) is 0 Å². The number of nitrogens with one attached hydrogen (secondary N) is 2. The van der Waals surface area contributed by atoms with E-state index in [-0.39, 0.29) is 33.5 Å². The summed E-state index contributed by atoms with van der Waals surface area (Å²) in [7, 11) is 0. The van der Waals surface area contributed by atoms with E-state index >= 15 is 0 Å². The van der Waals surface area contributed by atoms with Crippen molar-refractivity contribution in [2.24, 2.45) is 10.8 Å². The van der Waals surface area contributed by atoms with Gasteiger partial charge in [-0.15, -0.1) is 0 Å². The van der Waals surface area contributed by atoms with Gasteiger partial charge in [0.1, 0.15) is 0 Å². The Morgan fingerprint density at radius 3 is 1.58 bits per heavy atom. The smallest absolute Gasteiger partial charge is 0.0306 e.